The Kier molecular flexibility index (Phi) is 3.80. The molecule has 0 aliphatic heterocycles. The third-order valence-electron chi connectivity index (χ3n) is 2.74. The molecule has 0 fully saturated rings. The van der Waals surface area contributed by atoms with Gasteiger partial charge in [-0.1, -0.05) is 18.2 Å². The number of halogens is 1. The number of hydrogen-bond acceptors (Lipinski definition) is 2. The molecule has 1 N–H and O–H groups in total. The van der Waals surface area contributed by atoms with Crippen LogP contribution in [0.5, 0.6) is 5.75 Å². The molecule has 2 aromatic rings. The summed E-state index contributed by atoms with van der Waals surface area (Å²) in [7, 11) is 1.57. The summed E-state index contributed by atoms with van der Waals surface area (Å²) in [5.41, 5.74) is 1.91. The number of carboxylic acids is 1. The van der Waals surface area contributed by atoms with E-state index in [1.807, 2.05) is 0 Å². The molecule has 0 aliphatic carbocycles. The Bertz CT molecular complexity index is 591. The molecule has 19 heavy (non-hydrogen) atoms. The third-order valence-corrected chi connectivity index (χ3v) is 2.74. The lowest BCUT2D eigenvalue weighted by Gasteiger charge is -2.06. The lowest BCUT2D eigenvalue weighted by molar-refractivity contribution is -0.136. The maximum Gasteiger partial charge on any atom is 0.307 e. The number of ether oxygens (including phenoxy) is 1. The molecule has 0 heterocycles. The highest BCUT2D eigenvalue weighted by Gasteiger charge is 2.06. The number of rotatable bonds is 4. The van der Waals surface area contributed by atoms with E-state index in [4.69, 9.17) is 9.84 Å². The van der Waals surface area contributed by atoms with Gasteiger partial charge in [0.25, 0.3) is 0 Å². The van der Waals surface area contributed by atoms with Crippen molar-refractivity contribution in [2.75, 3.05) is 7.11 Å². The van der Waals surface area contributed by atoms with Gasteiger partial charge in [-0.3, -0.25) is 4.79 Å². The van der Waals surface area contributed by atoms with E-state index in [1.54, 1.807) is 37.4 Å². The molecule has 3 nitrogen and oxygen atoms in total. The minimum atomic E-state index is -0.980. The monoisotopic (exact) mass is 260 g/mol. The molecule has 0 amide bonds. The van der Waals surface area contributed by atoms with Crippen LogP contribution in [0.1, 0.15) is 5.56 Å². The summed E-state index contributed by atoms with van der Waals surface area (Å²) in [5.74, 6) is -0.707. The Morgan fingerprint density at radius 2 is 1.84 bits per heavy atom. The van der Waals surface area contributed by atoms with E-state index in [0.717, 1.165) is 5.56 Å². The van der Waals surface area contributed by atoms with Crippen molar-refractivity contribution in [1.82, 2.24) is 0 Å². The van der Waals surface area contributed by atoms with E-state index >= 15 is 0 Å². The van der Waals surface area contributed by atoms with Crippen LogP contribution in [0.3, 0.4) is 0 Å². The van der Waals surface area contributed by atoms with Gasteiger partial charge in [-0.2, -0.15) is 0 Å². The van der Waals surface area contributed by atoms with Gasteiger partial charge >= 0.3 is 5.97 Å². The molecule has 0 bridgehead atoms. The summed E-state index contributed by atoms with van der Waals surface area (Å²) in [6.07, 6.45) is -0.194. The average molecular weight is 260 g/mol. The van der Waals surface area contributed by atoms with Crippen LogP contribution in [0.2, 0.25) is 0 Å². The zero-order valence-electron chi connectivity index (χ0n) is 10.4. The molecular weight excluding hydrogens is 247 g/mol. The standard InChI is InChI=1S/C15H13FO3/c1-19-14-4-2-11(3-5-14)12-6-10(8-15(17)18)7-13(16)9-12/h2-7,9H,8H2,1H3,(H,17,18). The molecule has 2 aromatic carbocycles. The number of hydrogen-bond donors (Lipinski definition) is 1. The van der Waals surface area contributed by atoms with Crippen molar-refractivity contribution in [2.24, 2.45) is 0 Å². The van der Waals surface area contributed by atoms with Crippen molar-refractivity contribution in [3.05, 3.63) is 53.8 Å². The fourth-order valence-corrected chi connectivity index (χ4v) is 1.88. The minimum absolute atomic E-state index is 0.194. The molecule has 0 unspecified atom stereocenters. The van der Waals surface area contributed by atoms with Crippen LogP contribution in [0, 0.1) is 5.82 Å². The van der Waals surface area contributed by atoms with Crippen molar-refractivity contribution >= 4 is 5.97 Å². The summed E-state index contributed by atoms with van der Waals surface area (Å²) in [5, 5.41) is 8.75. The fraction of sp³-hybridized carbons (Fsp3) is 0.133. The van der Waals surface area contributed by atoms with Gasteiger partial charge in [-0.25, -0.2) is 4.39 Å². The maximum atomic E-state index is 13.5. The van der Waals surface area contributed by atoms with E-state index in [1.165, 1.54) is 12.1 Å². The second-order valence-corrected chi connectivity index (χ2v) is 4.15. The molecule has 0 spiro atoms. The molecule has 0 atom stereocenters. The first-order valence-corrected chi connectivity index (χ1v) is 5.74. The molecule has 4 heteroatoms. The molecule has 0 aliphatic rings. The van der Waals surface area contributed by atoms with Gasteiger partial charge < -0.3 is 9.84 Å². The molecule has 0 radical (unpaired) electrons. The van der Waals surface area contributed by atoms with Crippen molar-refractivity contribution < 1.29 is 19.0 Å². The van der Waals surface area contributed by atoms with Crippen LogP contribution >= 0.6 is 0 Å². The summed E-state index contributed by atoms with van der Waals surface area (Å²) >= 11 is 0. The molecule has 0 aromatic heterocycles. The highest BCUT2D eigenvalue weighted by molar-refractivity contribution is 5.72. The van der Waals surface area contributed by atoms with Crippen LogP contribution in [-0.2, 0) is 11.2 Å². The van der Waals surface area contributed by atoms with Gasteiger partial charge in [0.2, 0.25) is 0 Å². The van der Waals surface area contributed by atoms with E-state index in [0.29, 0.717) is 16.9 Å². The number of methoxy groups -OCH3 is 1. The first-order valence-electron chi connectivity index (χ1n) is 5.74. The van der Waals surface area contributed by atoms with Crippen LogP contribution < -0.4 is 4.74 Å². The topological polar surface area (TPSA) is 46.5 Å². The van der Waals surface area contributed by atoms with Crippen molar-refractivity contribution in [3.63, 3.8) is 0 Å². The first-order chi connectivity index (χ1) is 9.08. The second-order valence-electron chi connectivity index (χ2n) is 4.15. The van der Waals surface area contributed by atoms with Crippen molar-refractivity contribution in [2.45, 2.75) is 6.42 Å². The lowest BCUT2D eigenvalue weighted by Crippen LogP contribution is -2.00. The molecule has 98 valence electrons. The Balaban J connectivity index is 2.37. The number of benzene rings is 2. The zero-order chi connectivity index (χ0) is 13.8. The van der Waals surface area contributed by atoms with E-state index in [2.05, 4.69) is 0 Å². The van der Waals surface area contributed by atoms with Crippen molar-refractivity contribution in [3.8, 4) is 16.9 Å². The van der Waals surface area contributed by atoms with Crippen molar-refractivity contribution in [1.29, 1.82) is 0 Å². The largest absolute Gasteiger partial charge is 0.497 e. The smallest absolute Gasteiger partial charge is 0.307 e. The van der Waals surface area contributed by atoms with Gasteiger partial charge in [-0.05, 0) is 41.0 Å². The Morgan fingerprint density at radius 1 is 1.16 bits per heavy atom. The third kappa shape index (κ3) is 3.31. The van der Waals surface area contributed by atoms with E-state index in [-0.39, 0.29) is 6.42 Å². The Labute approximate surface area is 110 Å². The van der Waals surface area contributed by atoms with Gasteiger partial charge in [0.1, 0.15) is 11.6 Å². The summed E-state index contributed by atoms with van der Waals surface area (Å²) in [4.78, 5) is 10.7. The summed E-state index contributed by atoms with van der Waals surface area (Å²) in [6.45, 7) is 0. The summed E-state index contributed by atoms with van der Waals surface area (Å²) in [6, 6.07) is 11.5. The SMILES string of the molecule is COc1ccc(-c2cc(F)cc(CC(=O)O)c2)cc1. The van der Waals surface area contributed by atoms with Crippen LogP contribution in [0.15, 0.2) is 42.5 Å². The second kappa shape index (κ2) is 5.52. The number of carbonyl (C=O) groups is 1. The summed E-state index contributed by atoms with van der Waals surface area (Å²) < 4.78 is 18.5. The van der Waals surface area contributed by atoms with E-state index < -0.39 is 11.8 Å². The van der Waals surface area contributed by atoms with Gasteiger partial charge in [0.15, 0.2) is 0 Å². The molecule has 0 saturated carbocycles. The van der Waals surface area contributed by atoms with E-state index in [9.17, 15) is 9.18 Å². The fourth-order valence-electron chi connectivity index (χ4n) is 1.88. The average Bonchev–Trinajstić information content (AvgIpc) is 2.37. The Morgan fingerprint density at radius 3 is 2.42 bits per heavy atom. The molecular formula is C15H13FO3. The Hall–Kier alpha value is -2.36. The number of aliphatic carboxylic acids is 1. The highest BCUT2D eigenvalue weighted by Crippen LogP contribution is 2.24. The van der Waals surface area contributed by atoms with Gasteiger partial charge in [-0.15, -0.1) is 0 Å². The molecule has 2 rings (SSSR count). The lowest BCUT2D eigenvalue weighted by atomic mass is 10.0. The van der Waals surface area contributed by atoms with Crippen LogP contribution in [0.4, 0.5) is 4.39 Å². The first kappa shape index (κ1) is 13.1. The predicted octanol–water partition coefficient (Wildman–Crippen LogP) is 3.13. The van der Waals surface area contributed by atoms with Gasteiger partial charge in [0.05, 0.1) is 13.5 Å². The van der Waals surface area contributed by atoms with Crippen LogP contribution in [0.25, 0.3) is 11.1 Å². The van der Waals surface area contributed by atoms with Crippen LogP contribution in [-0.4, -0.2) is 18.2 Å². The maximum absolute atomic E-state index is 13.5. The number of carboxylic acid groups (broad SMARTS) is 1. The normalized spacial score (nSPS) is 10.2. The minimum Gasteiger partial charge on any atom is -0.497 e. The quantitative estimate of drug-likeness (QED) is 0.918. The zero-order valence-corrected chi connectivity index (χ0v) is 10.4. The predicted molar refractivity (Wildman–Crippen MR) is 69.7 cm³/mol. The molecule has 0 saturated heterocycles. The van der Waals surface area contributed by atoms with Gasteiger partial charge in [0, 0.05) is 0 Å². The highest BCUT2D eigenvalue weighted by atomic mass is 19.1.